The average molecular weight is 449 g/mol. The Kier molecular flexibility index (Phi) is 5.02. The number of para-hydroxylation sites is 1. The van der Waals surface area contributed by atoms with E-state index in [1.807, 2.05) is 35.2 Å². The van der Waals surface area contributed by atoms with Gasteiger partial charge < -0.3 is 14.6 Å². The molecule has 1 amide bonds. The highest BCUT2D eigenvalue weighted by molar-refractivity contribution is 5.93. The second-order valence-electron chi connectivity index (χ2n) is 8.83. The third-order valence-corrected chi connectivity index (χ3v) is 6.84. The predicted molar refractivity (Wildman–Crippen MR) is 132 cm³/mol. The van der Waals surface area contributed by atoms with Gasteiger partial charge in [-0.25, -0.2) is 0 Å². The minimum atomic E-state index is -0.198. The van der Waals surface area contributed by atoms with E-state index >= 15 is 0 Å². The van der Waals surface area contributed by atoms with Gasteiger partial charge in [0.05, 0.1) is 12.6 Å². The lowest BCUT2D eigenvalue weighted by Gasteiger charge is -2.36. The molecule has 2 aliphatic heterocycles. The molecule has 0 fully saturated rings. The summed E-state index contributed by atoms with van der Waals surface area (Å²) in [5.41, 5.74) is 7.26. The van der Waals surface area contributed by atoms with E-state index < -0.39 is 0 Å². The number of ether oxygens (including phenoxy) is 1. The molecular formula is C29H24N2O3. The zero-order valence-electron chi connectivity index (χ0n) is 18.7. The summed E-state index contributed by atoms with van der Waals surface area (Å²) in [4.78, 5) is 30.0. The zero-order valence-corrected chi connectivity index (χ0v) is 18.7. The Hall–Kier alpha value is -4.12. The van der Waals surface area contributed by atoms with E-state index in [1.165, 1.54) is 16.5 Å². The van der Waals surface area contributed by atoms with Crippen molar-refractivity contribution in [2.75, 3.05) is 13.2 Å². The predicted octanol–water partition coefficient (Wildman–Crippen LogP) is 5.10. The highest BCUT2D eigenvalue weighted by atomic mass is 16.5. The minimum Gasteiger partial charge on any atom is -0.493 e. The fourth-order valence-corrected chi connectivity index (χ4v) is 5.15. The first-order chi connectivity index (χ1) is 16.7. The average Bonchev–Trinajstić information content (AvgIpc) is 3.51. The van der Waals surface area contributed by atoms with Crippen molar-refractivity contribution in [1.82, 2.24) is 9.88 Å². The molecule has 3 aromatic carbocycles. The molecule has 0 bridgehead atoms. The molecule has 0 unspecified atom stereocenters. The SMILES string of the molecule is O=Cc1ccc(C=CC(=O)N2CCc3c([nH]c4ccccc34)[C@H]2c2ccc3c(c2)CCO3)cc1. The molecule has 1 N–H and O–H groups in total. The lowest BCUT2D eigenvalue weighted by atomic mass is 9.91. The van der Waals surface area contributed by atoms with Crippen molar-refractivity contribution in [3.05, 3.63) is 106 Å². The van der Waals surface area contributed by atoms with Gasteiger partial charge in [0.1, 0.15) is 12.0 Å². The van der Waals surface area contributed by atoms with Gasteiger partial charge in [-0.1, -0.05) is 48.5 Å². The number of aldehydes is 1. The van der Waals surface area contributed by atoms with E-state index in [1.54, 1.807) is 18.2 Å². The Bertz CT molecular complexity index is 1430. The van der Waals surface area contributed by atoms with Gasteiger partial charge in [0.2, 0.25) is 5.91 Å². The highest BCUT2D eigenvalue weighted by Gasteiger charge is 2.34. The van der Waals surface area contributed by atoms with Crippen LogP contribution in [0.1, 0.15) is 44.3 Å². The van der Waals surface area contributed by atoms with Gasteiger partial charge in [0.25, 0.3) is 0 Å². The number of H-pyrrole nitrogens is 1. The Labute approximate surface area is 197 Å². The van der Waals surface area contributed by atoms with Crippen molar-refractivity contribution in [2.24, 2.45) is 0 Å². The van der Waals surface area contributed by atoms with Gasteiger partial charge in [0, 0.05) is 41.2 Å². The number of rotatable bonds is 4. The highest BCUT2D eigenvalue weighted by Crippen LogP contribution is 2.40. The Balaban J connectivity index is 1.40. The third kappa shape index (κ3) is 3.50. The molecule has 4 aromatic rings. The van der Waals surface area contributed by atoms with Crippen LogP contribution < -0.4 is 4.74 Å². The first kappa shape index (κ1) is 20.5. The number of amides is 1. The van der Waals surface area contributed by atoms with Gasteiger partial charge in [-0.05, 0) is 52.9 Å². The van der Waals surface area contributed by atoms with E-state index in [0.717, 1.165) is 47.2 Å². The number of nitrogens with one attached hydrogen (secondary N) is 1. The van der Waals surface area contributed by atoms with Crippen LogP contribution in [0.4, 0.5) is 0 Å². The van der Waals surface area contributed by atoms with Crippen molar-refractivity contribution in [1.29, 1.82) is 0 Å². The topological polar surface area (TPSA) is 62.4 Å². The maximum Gasteiger partial charge on any atom is 0.247 e. The Morgan fingerprint density at radius 3 is 2.68 bits per heavy atom. The molecule has 34 heavy (non-hydrogen) atoms. The summed E-state index contributed by atoms with van der Waals surface area (Å²) < 4.78 is 5.72. The minimum absolute atomic E-state index is 0.0366. The summed E-state index contributed by atoms with van der Waals surface area (Å²) in [5.74, 6) is 0.901. The van der Waals surface area contributed by atoms with Crippen LogP contribution >= 0.6 is 0 Å². The maximum atomic E-state index is 13.5. The van der Waals surface area contributed by atoms with Crippen LogP contribution in [0.25, 0.3) is 17.0 Å². The van der Waals surface area contributed by atoms with Crippen LogP contribution in [0.2, 0.25) is 0 Å². The smallest absolute Gasteiger partial charge is 0.247 e. The number of carbonyl (C=O) groups is 2. The fraction of sp³-hybridized carbons (Fsp3) is 0.172. The molecule has 0 aliphatic carbocycles. The molecule has 0 spiro atoms. The van der Waals surface area contributed by atoms with Crippen molar-refractivity contribution >= 4 is 29.2 Å². The van der Waals surface area contributed by atoms with E-state index in [4.69, 9.17) is 4.74 Å². The molecule has 0 saturated heterocycles. The first-order valence-corrected chi connectivity index (χ1v) is 11.6. The van der Waals surface area contributed by atoms with Crippen LogP contribution in [0.3, 0.4) is 0 Å². The molecular weight excluding hydrogens is 424 g/mol. The summed E-state index contributed by atoms with van der Waals surface area (Å²) >= 11 is 0. The number of aromatic amines is 1. The summed E-state index contributed by atoms with van der Waals surface area (Å²) in [7, 11) is 0. The number of aromatic nitrogens is 1. The molecule has 5 nitrogen and oxygen atoms in total. The summed E-state index contributed by atoms with van der Waals surface area (Å²) in [5, 5.41) is 1.23. The molecule has 1 atom stereocenters. The number of carbonyl (C=O) groups excluding carboxylic acids is 2. The molecule has 0 saturated carbocycles. The standard InChI is InChI=1S/C29H24N2O3/c32-18-20-7-5-19(6-8-20)9-12-27(33)31-15-13-24-23-3-1-2-4-25(23)30-28(24)29(31)22-10-11-26-21(17-22)14-16-34-26/h1-12,17-18,29-30H,13-16H2/t29-/m1/s1. The number of benzene rings is 3. The van der Waals surface area contributed by atoms with Crippen LogP contribution in [0.15, 0.2) is 72.8 Å². The van der Waals surface area contributed by atoms with Crippen molar-refractivity contribution in [2.45, 2.75) is 18.9 Å². The van der Waals surface area contributed by atoms with Crippen molar-refractivity contribution in [3.8, 4) is 5.75 Å². The second kappa shape index (κ2) is 8.34. The number of nitrogens with zero attached hydrogens (tertiary/aromatic N) is 1. The molecule has 0 radical (unpaired) electrons. The van der Waals surface area contributed by atoms with E-state index in [2.05, 4.69) is 35.3 Å². The second-order valence-corrected chi connectivity index (χ2v) is 8.83. The largest absolute Gasteiger partial charge is 0.493 e. The fourth-order valence-electron chi connectivity index (χ4n) is 5.15. The van der Waals surface area contributed by atoms with Gasteiger partial charge in [-0.15, -0.1) is 0 Å². The monoisotopic (exact) mass is 448 g/mol. The van der Waals surface area contributed by atoms with Crippen molar-refractivity contribution in [3.63, 3.8) is 0 Å². The molecule has 1 aromatic heterocycles. The van der Waals surface area contributed by atoms with Gasteiger partial charge >= 0.3 is 0 Å². The summed E-state index contributed by atoms with van der Waals surface area (Å²) in [6.07, 6.45) is 5.95. The summed E-state index contributed by atoms with van der Waals surface area (Å²) in [6.45, 7) is 1.34. The normalized spacial score (nSPS) is 16.9. The van der Waals surface area contributed by atoms with Gasteiger partial charge in [-0.2, -0.15) is 0 Å². The molecule has 2 aliphatic rings. The maximum absolute atomic E-state index is 13.5. The van der Waals surface area contributed by atoms with E-state index in [-0.39, 0.29) is 11.9 Å². The third-order valence-electron chi connectivity index (χ3n) is 6.84. The molecule has 168 valence electrons. The molecule has 5 heteroatoms. The van der Waals surface area contributed by atoms with E-state index in [9.17, 15) is 9.59 Å². The van der Waals surface area contributed by atoms with Crippen LogP contribution in [-0.4, -0.2) is 35.2 Å². The Morgan fingerprint density at radius 2 is 1.82 bits per heavy atom. The van der Waals surface area contributed by atoms with Crippen LogP contribution in [-0.2, 0) is 17.6 Å². The van der Waals surface area contributed by atoms with Crippen LogP contribution in [0, 0.1) is 0 Å². The molecule has 6 rings (SSSR count). The van der Waals surface area contributed by atoms with E-state index in [0.29, 0.717) is 18.7 Å². The quantitative estimate of drug-likeness (QED) is 0.349. The van der Waals surface area contributed by atoms with Gasteiger partial charge in [0.15, 0.2) is 0 Å². The van der Waals surface area contributed by atoms with Gasteiger partial charge in [-0.3, -0.25) is 9.59 Å². The first-order valence-electron chi connectivity index (χ1n) is 11.6. The lowest BCUT2D eigenvalue weighted by molar-refractivity contribution is -0.128. The lowest BCUT2D eigenvalue weighted by Crippen LogP contribution is -2.39. The zero-order chi connectivity index (χ0) is 23.1. The number of hydrogen-bond acceptors (Lipinski definition) is 3. The Morgan fingerprint density at radius 1 is 1.00 bits per heavy atom. The van der Waals surface area contributed by atoms with Crippen LogP contribution in [0.5, 0.6) is 5.75 Å². The summed E-state index contributed by atoms with van der Waals surface area (Å²) in [6, 6.07) is 21.6. The van der Waals surface area contributed by atoms with Crippen molar-refractivity contribution < 1.29 is 14.3 Å². The number of hydrogen-bond donors (Lipinski definition) is 1. The molecule has 3 heterocycles. The number of fused-ring (bicyclic) bond motifs is 4.